The van der Waals surface area contributed by atoms with Gasteiger partial charge in [0.05, 0.1) is 24.1 Å². The van der Waals surface area contributed by atoms with E-state index in [1.165, 1.54) is 23.1 Å². The molecule has 2 N–H and O–H groups in total. The number of amides is 1. The summed E-state index contributed by atoms with van der Waals surface area (Å²) in [6.45, 7) is 1.88. The fourth-order valence-electron chi connectivity index (χ4n) is 1.99. The van der Waals surface area contributed by atoms with E-state index in [2.05, 4.69) is 25.5 Å². The van der Waals surface area contributed by atoms with E-state index in [1.807, 2.05) is 12.3 Å². The number of H-pyrrole nitrogens is 1. The van der Waals surface area contributed by atoms with Gasteiger partial charge >= 0.3 is 0 Å². The number of ether oxygens (including phenoxy) is 1. The molecule has 0 aliphatic rings. The standard InChI is InChI=1S/C15H14ClN5O2S2/c1-8-6-24-14(17-8)18-12(22)7-25-15-19-13(20-21-15)10-5-9(16)3-4-11(10)23-2/h3-6H,7H2,1-2H3,(H,17,18,22)(H,19,20,21). The number of benzene rings is 1. The Hall–Kier alpha value is -2.10. The van der Waals surface area contributed by atoms with Gasteiger partial charge in [0, 0.05) is 10.4 Å². The van der Waals surface area contributed by atoms with Gasteiger partial charge in [0.2, 0.25) is 11.1 Å². The molecule has 0 aliphatic carbocycles. The average molecular weight is 396 g/mol. The third-order valence-electron chi connectivity index (χ3n) is 3.08. The predicted molar refractivity (Wildman–Crippen MR) is 99.6 cm³/mol. The fraction of sp³-hybridized carbons (Fsp3) is 0.200. The van der Waals surface area contributed by atoms with Crippen molar-refractivity contribution < 1.29 is 9.53 Å². The Bertz CT molecular complexity index is 896. The monoisotopic (exact) mass is 395 g/mol. The van der Waals surface area contributed by atoms with Gasteiger partial charge in [-0.1, -0.05) is 23.4 Å². The van der Waals surface area contributed by atoms with Crippen molar-refractivity contribution in [1.82, 2.24) is 20.2 Å². The molecular weight excluding hydrogens is 382 g/mol. The minimum absolute atomic E-state index is 0.161. The number of nitrogens with one attached hydrogen (secondary N) is 2. The predicted octanol–water partition coefficient (Wildman–Crippen LogP) is 3.63. The molecule has 7 nitrogen and oxygen atoms in total. The van der Waals surface area contributed by atoms with Crippen LogP contribution in [0.25, 0.3) is 11.4 Å². The number of aromatic nitrogens is 4. The summed E-state index contributed by atoms with van der Waals surface area (Å²) < 4.78 is 5.31. The van der Waals surface area contributed by atoms with Crippen LogP contribution in [0.2, 0.25) is 5.02 Å². The maximum Gasteiger partial charge on any atom is 0.236 e. The van der Waals surface area contributed by atoms with Crippen molar-refractivity contribution in [2.24, 2.45) is 0 Å². The molecule has 130 valence electrons. The molecule has 1 amide bonds. The van der Waals surface area contributed by atoms with Crippen LogP contribution in [0.3, 0.4) is 0 Å². The number of rotatable bonds is 6. The van der Waals surface area contributed by atoms with Gasteiger partial charge in [0.15, 0.2) is 11.0 Å². The highest BCUT2D eigenvalue weighted by Gasteiger charge is 2.13. The molecule has 2 heterocycles. The number of anilines is 1. The molecule has 3 aromatic rings. The Morgan fingerprint density at radius 1 is 1.44 bits per heavy atom. The number of nitrogens with zero attached hydrogens (tertiary/aromatic N) is 3. The highest BCUT2D eigenvalue weighted by Crippen LogP contribution is 2.31. The smallest absolute Gasteiger partial charge is 0.236 e. The average Bonchev–Trinajstić information content (AvgIpc) is 3.22. The lowest BCUT2D eigenvalue weighted by Crippen LogP contribution is -2.13. The molecule has 3 rings (SSSR count). The zero-order valence-electron chi connectivity index (χ0n) is 13.4. The number of hydrogen-bond donors (Lipinski definition) is 2. The number of thioether (sulfide) groups is 1. The zero-order valence-corrected chi connectivity index (χ0v) is 15.8. The normalized spacial score (nSPS) is 10.7. The van der Waals surface area contributed by atoms with Gasteiger partial charge in [0.1, 0.15) is 5.75 Å². The molecule has 0 spiro atoms. The lowest BCUT2D eigenvalue weighted by molar-refractivity contribution is -0.113. The van der Waals surface area contributed by atoms with E-state index in [1.54, 1.807) is 25.3 Å². The van der Waals surface area contributed by atoms with Crippen molar-refractivity contribution >= 4 is 45.7 Å². The van der Waals surface area contributed by atoms with E-state index in [0.29, 0.717) is 32.4 Å². The van der Waals surface area contributed by atoms with Crippen molar-refractivity contribution in [2.75, 3.05) is 18.2 Å². The van der Waals surface area contributed by atoms with Crippen molar-refractivity contribution in [1.29, 1.82) is 0 Å². The molecule has 0 radical (unpaired) electrons. The molecule has 25 heavy (non-hydrogen) atoms. The lowest BCUT2D eigenvalue weighted by Gasteiger charge is -2.05. The lowest BCUT2D eigenvalue weighted by atomic mass is 10.2. The summed E-state index contributed by atoms with van der Waals surface area (Å²) in [5.41, 5.74) is 1.58. The number of methoxy groups -OCH3 is 1. The molecule has 0 bridgehead atoms. The number of thiazole rings is 1. The Balaban J connectivity index is 1.64. The molecule has 0 fully saturated rings. The van der Waals surface area contributed by atoms with Gasteiger partial charge in [-0.25, -0.2) is 9.97 Å². The van der Waals surface area contributed by atoms with E-state index in [9.17, 15) is 4.79 Å². The summed E-state index contributed by atoms with van der Waals surface area (Å²) >= 11 is 8.65. The van der Waals surface area contributed by atoms with Crippen molar-refractivity contribution in [3.63, 3.8) is 0 Å². The number of carbonyl (C=O) groups is 1. The SMILES string of the molecule is COc1ccc(Cl)cc1-c1nc(SCC(=O)Nc2nc(C)cs2)n[nH]1. The minimum Gasteiger partial charge on any atom is -0.496 e. The first kappa shape index (κ1) is 17.7. The highest BCUT2D eigenvalue weighted by molar-refractivity contribution is 7.99. The topological polar surface area (TPSA) is 92.8 Å². The van der Waals surface area contributed by atoms with Crippen LogP contribution in [0.15, 0.2) is 28.7 Å². The van der Waals surface area contributed by atoms with Gasteiger partial charge in [0.25, 0.3) is 0 Å². The molecule has 0 saturated carbocycles. The summed E-state index contributed by atoms with van der Waals surface area (Å²) in [4.78, 5) is 20.5. The van der Waals surface area contributed by atoms with Crippen LogP contribution in [-0.2, 0) is 4.79 Å². The van der Waals surface area contributed by atoms with E-state index in [-0.39, 0.29) is 11.7 Å². The molecule has 0 unspecified atom stereocenters. The first-order valence-electron chi connectivity index (χ1n) is 7.16. The van der Waals surface area contributed by atoms with E-state index >= 15 is 0 Å². The number of hydrogen-bond acceptors (Lipinski definition) is 7. The first-order valence-corrected chi connectivity index (χ1v) is 9.40. The van der Waals surface area contributed by atoms with Gasteiger partial charge in [-0.05, 0) is 25.1 Å². The van der Waals surface area contributed by atoms with Crippen molar-refractivity contribution in [2.45, 2.75) is 12.1 Å². The summed E-state index contributed by atoms with van der Waals surface area (Å²) in [7, 11) is 1.57. The van der Waals surface area contributed by atoms with Gasteiger partial charge in [-0.2, -0.15) is 0 Å². The van der Waals surface area contributed by atoms with Crippen LogP contribution in [0.5, 0.6) is 5.75 Å². The van der Waals surface area contributed by atoms with E-state index in [4.69, 9.17) is 16.3 Å². The second-order valence-electron chi connectivity index (χ2n) is 4.94. The largest absolute Gasteiger partial charge is 0.496 e. The number of halogens is 1. The van der Waals surface area contributed by atoms with Crippen LogP contribution < -0.4 is 10.1 Å². The number of aryl methyl sites for hydroxylation is 1. The highest BCUT2D eigenvalue weighted by atomic mass is 35.5. The van der Waals surface area contributed by atoms with Crippen LogP contribution in [0, 0.1) is 6.92 Å². The number of aromatic amines is 1. The van der Waals surface area contributed by atoms with Crippen molar-refractivity contribution in [3.8, 4) is 17.1 Å². The summed E-state index contributed by atoms with van der Waals surface area (Å²) in [5, 5.41) is 13.2. The van der Waals surface area contributed by atoms with Crippen LogP contribution in [-0.4, -0.2) is 38.9 Å². The summed E-state index contributed by atoms with van der Waals surface area (Å²) in [6.07, 6.45) is 0. The summed E-state index contributed by atoms with van der Waals surface area (Å²) in [5.74, 6) is 1.18. The molecule has 10 heteroatoms. The van der Waals surface area contributed by atoms with Gasteiger partial charge in [-0.15, -0.1) is 16.4 Å². The molecular formula is C15H14ClN5O2S2. The number of carbonyl (C=O) groups excluding carboxylic acids is 1. The molecule has 0 atom stereocenters. The molecule has 2 aromatic heterocycles. The first-order chi connectivity index (χ1) is 12.0. The van der Waals surface area contributed by atoms with Crippen LogP contribution in [0.1, 0.15) is 5.69 Å². The Morgan fingerprint density at radius 2 is 2.28 bits per heavy atom. The Kier molecular flexibility index (Phi) is 5.57. The Morgan fingerprint density at radius 3 is 3.00 bits per heavy atom. The maximum absolute atomic E-state index is 11.9. The second-order valence-corrected chi connectivity index (χ2v) is 7.18. The zero-order chi connectivity index (χ0) is 17.8. The third-order valence-corrected chi connectivity index (χ3v) is 5.04. The quantitative estimate of drug-likeness (QED) is 0.619. The molecule has 0 saturated heterocycles. The van der Waals surface area contributed by atoms with Crippen LogP contribution in [0.4, 0.5) is 5.13 Å². The maximum atomic E-state index is 11.9. The second kappa shape index (κ2) is 7.85. The molecule has 0 aliphatic heterocycles. The van der Waals surface area contributed by atoms with E-state index < -0.39 is 0 Å². The van der Waals surface area contributed by atoms with E-state index in [0.717, 1.165) is 5.69 Å². The molecule has 1 aromatic carbocycles. The third kappa shape index (κ3) is 4.50. The Labute approximate surface area is 157 Å². The van der Waals surface area contributed by atoms with Crippen LogP contribution >= 0.6 is 34.7 Å². The van der Waals surface area contributed by atoms with Gasteiger partial charge in [-0.3, -0.25) is 9.89 Å². The summed E-state index contributed by atoms with van der Waals surface area (Å²) in [6, 6.07) is 5.24. The fourth-order valence-corrected chi connectivity index (χ4v) is 3.47. The van der Waals surface area contributed by atoms with Gasteiger partial charge < -0.3 is 10.1 Å². The minimum atomic E-state index is -0.161. The van der Waals surface area contributed by atoms with Crippen molar-refractivity contribution in [3.05, 3.63) is 34.3 Å².